The standard InChI is InChI=1S/C21H23NO6/c1-5-14-8-6-7-9-18(14)28-13(2)19(23)22-17-11-15(20(24)26-3)10-16(12-17)21(25)27-4/h6-13H,5H2,1-4H3,(H,22,23)/t13-/m1/s1. The number of rotatable bonds is 7. The van der Waals surface area contributed by atoms with Crippen molar-refractivity contribution in [3.8, 4) is 5.75 Å². The summed E-state index contributed by atoms with van der Waals surface area (Å²) in [4.78, 5) is 36.2. The Balaban J connectivity index is 2.21. The van der Waals surface area contributed by atoms with Gasteiger partial charge in [-0.2, -0.15) is 0 Å². The molecule has 0 spiro atoms. The number of para-hydroxylation sites is 1. The number of benzene rings is 2. The van der Waals surface area contributed by atoms with Crippen LogP contribution in [0.2, 0.25) is 0 Å². The summed E-state index contributed by atoms with van der Waals surface area (Å²) in [5.41, 5.74) is 1.48. The van der Waals surface area contributed by atoms with Crippen molar-refractivity contribution in [1.29, 1.82) is 0 Å². The highest BCUT2D eigenvalue weighted by molar-refractivity contribution is 6.00. The van der Waals surface area contributed by atoms with Gasteiger partial charge in [0.1, 0.15) is 5.75 Å². The van der Waals surface area contributed by atoms with Gasteiger partial charge in [0.05, 0.1) is 25.3 Å². The van der Waals surface area contributed by atoms with E-state index in [9.17, 15) is 14.4 Å². The van der Waals surface area contributed by atoms with Gasteiger partial charge in [0, 0.05) is 5.69 Å². The molecule has 0 bridgehead atoms. The molecule has 2 aromatic carbocycles. The van der Waals surface area contributed by atoms with Crippen LogP contribution in [0.25, 0.3) is 0 Å². The number of hydrogen-bond acceptors (Lipinski definition) is 6. The van der Waals surface area contributed by atoms with E-state index in [1.807, 2.05) is 25.1 Å². The minimum absolute atomic E-state index is 0.116. The summed E-state index contributed by atoms with van der Waals surface area (Å²) in [6.07, 6.45) is -0.0233. The predicted molar refractivity (Wildman–Crippen MR) is 104 cm³/mol. The van der Waals surface area contributed by atoms with Crippen LogP contribution in [0.1, 0.15) is 40.1 Å². The van der Waals surface area contributed by atoms with Gasteiger partial charge in [0.25, 0.3) is 5.91 Å². The van der Waals surface area contributed by atoms with E-state index in [1.165, 1.54) is 32.4 Å². The molecule has 1 N–H and O–H groups in total. The van der Waals surface area contributed by atoms with Crippen molar-refractivity contribution in [3.63, 3.8) is 0 Å². The predicted octanol–water partition coefficient (Wildman–Crippen LogP) is 3.23. The Morgan fingerprint density at radius 3 is 2.07 bits per heavy atom. The SMILES string of the molecule is CCc1ccccc1O[C@H](C)C(=O)Nc1cc(C(=O)OC)cc(C(=O)OC)c1. The largest absolute Gasteiger partial charge is 0.481 e. The van der Waals surface area contributed by atoms with Crippen LogP contribution in [0.5, 0.6) is 5.75 Å². The van der Waals surface area contributed by atoms with Crippen molar-refractivity contribution in [1.82, 2.24) is 0 Å². The quantitative estimate of drug-likeness (QED) is 0.736. The molecule has 7 nitrogen and oxygen atoms in total. The monoisotopic (exact) mass is 385 g/mol. The first-order valence-corrected chi connectivity index (χ1v) is 8.76. The number of methoxy groups -OCH3 is 2. The molecule has 2 rings (SSSR count). The maximum Gasteiger partial charge on any atom is 0.337 e. The molecule has 0 saturated carbocycles. The molecule has 0 aromatic heterocycles. The molecular formula is C21H23NO6. The third kappa shape index (κ3) is 5.09. The van der Waals surface area contributed by atoms with Crippen LogP contribution in [0, 0.1) is 0 Å². The molecule has 148 valence electrons. The Bertz CT molecular complexity index is 843. The van der Waals surface area contributed by atoms with Crippen molar-refractivity contribution >= 4 is 23.5 Å². The molecular weight excluding hydrogens is 362 g/mol. The fourth-order valence-corrected chi connectivity index (χ4v) is 2.57. The van der Waals surface area contributed by atoms with E-state index in [0.29, 0.717) is 5.75 Å². The van der Waals surface area contributed by atoms with Gasteiger partial charge < -0.3 is 19.5 Å². The van der Waals surface area contributed by atoms with E-state index in [2.05, 4.69) is 14.8 Å². The number of aryl methyl sites for hydroxylation is 1. The highest BCUT2D eigenvalue weighted by Gasteiger charge is 2.19. The van der Waals surface area contributed by atoms with Gasteiger partial charge in [-0.3, -0.25) is 4.79 Å². The van der Waals surface area contributed by atoms with Gasteiger partial charge in [0.2, 0.25) is 0 Å². The lowest BCUT2D eigenvalue weighted by molar-refractivity contribution is -0.122. The molecule has 0 radical (unpaired) electrons. The highest BCUT2D eigenvalue weighted by Crippen LogP contribution is 2.21. The van der Waals surface area contributed by atoms with Crippen LogP contribution in [-0.4, -0.2) is 38.2 Å². The number of nitrogens with one attached hydrogen (secondary N) is 1. The Hall–Kier alpha value is -3.35. The lowest BCUT2D eigenvalue weighted by atomic mass is 10.1. The number of carbonyl (C=O) groups is 3. The molecule has 1 atom stereocenters. The third-order valence-corrected chi connectivity index (χ3v) is 4.07. The lowest BCUT2D eigenvalue weighted by Gasteiger charge is -2.17. The molecule has 0 aliphatic rings. The van der Waals surface area contributed by atoms with E-state index in [4.69, 9.17) is 4.74 Å². The van der Waals surface area contributed by atoms with E-state index >= 15 is 0 Å². The third-order valence-electron chi connectivity index (χ3n) is 4.07. The number of ether oxygens (including phenoxy) is 3. The molecule has 0 fully saturated rings. The van der Waals surface area contributed by atoms with Crippen LogP contribution < -0.4 is 10.1 Å². The highest BCUT2D eigenvalue weighted by atomic mass is 16.5. The lowest BCUT2D eigenvalue weighted by Crippen LogP contribution is -2.30. The zero-order valence-corrected chi connectivity index (χ0v) is 16.3. The number of anilines is 1. The van der Waals surface area contributed by atoms with Gasteiger partial charge in [-0.05, 0) is 43.2 Å². The average molecular weight is 385 g/mol. The molecule has 0 aliphatic carbocycles. The molecule has 0 saturated heterocycles. The Morgan fingerprint density at radius 2 is 1.54 bits per heavy atom. The Morgan fingerprint density at radius 1 is 0.964 bits per heavy atom. The summed E-state index contributed by atoms with van der Waals surface area (Å²) in [6, 6.07) is 11.7. The second kappa shape index (κ2) is 9.55. The fourth-order valence-electron chi connectivity index (χ4n) is 2.57. The first-order valence-electron chi connectivity index (χ1n) is 8.76. The van der Waals surface area contributed by atoms with E-state index in [0.717, 1.165) is 12.0 Å². The average Bonchev–Trinajstić information content (AvgIpc) is 2.72. The summed E-state index contributed by atoms with van der Waals surface area (Å²) in [5.74, 6) is -1.07. The van der Waals surface area contributed by atoms with Gasteiger partial charge in [-0.25, -0.2) is 9.59 Å². The van der Waals surface area contributed by atoms with Crippen LogP contribution in [-0.2, 0) is 20.7 Å². The molecule has 0 unspecified atom stereocenters. The smallest absolute Gasteiger partial charge is 0.337 e. The number of carbonyl (C=O) groups excluding carboxylic acids is 3. The van der Waals surface area contributed by atoms with Crippen molar-refractivity contribution < 1.29 is 28.6 Å². The number of hydrogen-bond donors (Lipinski definition) is 1. The van der Waals surface area contributed by atoms with Crippen molar-refractivity contribution in [2.24, 2.45) is 0 Å². The van der Waals surface area contributed by atoms with Crippen LogP contribution >= 0.6 is 0 Å². The summed E-state index contributed by atoms with van der Waals surface area (Å²) in [5, 5.41) is 2.66. The van der Waals surface area contributed by atoms with E-state index in [-0.39, 0.29) is 16.8 Å². The summed E-state index contributed by atoms with van der Waals surface area (Å²) >= 11 is 0. The van der Waals surface area contributed by atoms with Gasteiger partial charge >= 0.3 is 11.9 Å². The second-order valence-corrected chi connectivity index (χ2v) is 5.99. The second-order valence-electron chi connectivity index (χ2n) is 5.99. The number of amides is 1. The summed E-state index contributed by atoms with van der Waals surface area (Å²) in [6.45, 7) is 3.62. The molecule has 28 heavy (non-hydrogen) atoms. The molecule has 1 amide bonds. The molecule has 0 aliphatic heterocycles. The zero-order chi connectivity index (χ0) is 20.7. The molecule has 2 aromatic rings. The number of esters is 2. The minimum atomic E-state index is -0.795. The van der Waals surface area contributed by atoms with E-state index in [1.54, 1.807) is 13.0 Å². The maximum absolute atomic E-state index is 12.5. The normalized spacial score (nSPS) is 11.3. The van der Waals surface area contributed by atoms with Crippen LogP contribution in [0.15, 0.2) is 42.5 Å². The van der Waals surface area contributed by atoms with Crippen molar-refractivity contribution in [2.45, 2.75) is 26.4 Å². The van der Waals surface area contributed by atoms with Crippen molar-refractivity contribution in [2.75, 3.05) is 19.5 Å². The Labute approximate surface area is 163 Å². The molecule has 7 heteroatoms. The minimum Gasteiger partial charge on any atom is -0.481 e. The van der Waals surface area contributed by atoms with Gasteiger partial charge in [0.15, 0.2) is 6.10 Å². The van der Waals surface area contributed by atoms with E-state index < -0.39 is 23.9 Å². The first kappa shape index (κ1) is 21.0. The summed E-state index contributed by atoms with van der Waals surface area (Å²) < 4.78 is 15.1. The Kier molecular flexibility index (Phi) is 7.14. The van der Waals surface area contributed by atoms with Gasteiger partial charge in [-0.1, -0.05) is 25.1 Å². The summed E-state index contributed by atoms with van der Waals surface area (Å²) in [7, 11) is 2.46. The van der Waals surface area contributed by atoms with Crippen molar-refractivity contribution in [3.05, 3.63) is 59.2 Å². The van der Waals surface area contributed by atoms with Crippen LogP contribution in [0.3, 0.4) is 0 Å². The maximum atomic E-state index is 12.5. The fraction of sp³-hybridized carbons (Fsp3) is 0.286. The topological polar surface area (TPSA) is 90.9 Å². The first-order chi connectivity index (χ1) is 13.4. The molecule has 0 heterocycles. The van der Waals surface area contributed by atoms with Gasteiger partial charge in [-0.15, -0.1) is 0 Å². The van der Waals surface area contributed by atoms with Crippen LogP contribution in [0.4, 0.5) is 5.69 Å². The zero-order valence-electron chi connectivity index (χ0n) is 16.3.